The quantitative estimate of drug-likeness (QED) is 0.607. The highest BCUT2D eigenvalue weighted by atomic mass is 16.5. The number of methoxy groups -OCH3 is 1. The smallest absolute Gasteiger partial charge is 0.131 e. The van der Waals surface area contributed by atoms with Gasteiger partial charge >= 0.3 is 0 Å². The molecule has 3 rings (SSSR count). The summed E-state index contributed by atoms with van der Waals surface area (Å²) in [4.78, 5) is 8.79. The number of aliphatic hydroxyl groups is 1. The molecule has 5 heteroatoms. The number of nitrogens with one attached hydrogen (secondary N) is 1. The highest BCUT2D eigenvalue weighted by Gasteiger charge is 2.35. The molecule has 1 heterocycles. The first-order valence-electron chi connectivity index (χ1n) is 10.5. The summed E-state index contributed by atoms with van der Waals surface area (Å²) in [6.07, 6.45) is 3.34. The van der Waals surface area contributed by atoms with Crippen LogP contribution in [0.2, 0.25) is 0 Å². The van der Waals surface area contributed by atoms with Crippen LogP contribution in [0.5, 0.6) is 5.75 Å². The summed E-state index contributed by atoms with van der Waals surface area (Å²) in [5, 5.41) is 15.6. The molecule has 0 spiro atoms. The predicted octanol–water partition coefficient (Wildman–Crippen LogP) is 4.42. The Morgan fingerprint density at radius 1 is 0.967 bits per heavy atom. The zero-order chi connectivity index (χ0) is 21.9. The molecule has 2 N–H and O–H groups in total. The van der Waals surface area contributed by atoms with Crippen LogP contribution >= 0.6 is 0 Å². The van der Waals surface area contributed by atoms with Gasteiger partial charge in [-0.05, 0) is 53.3 Å². The second-order valence-corrected chi connectivity index (χ2v) is 9.31. The molecule has 3 aromatic rings. The minimum atomic E-state index is -1.28. The summed E-state index contributed by atoms with van der Waals surface area (Å²) in [5.74, 6) is 1.13. The Morgan fingerprint density at radius 3 is 2.27 bits per heavy atom. The van der Waals surface area contributed by atoms with Crippen molar-refractivity contribution in [3.63, 3.8) is 0 Å². The van der Waals surface area contributed by atoms with Crippen LogP contribution in [0.3, 0.4) is 0 Å². The minimum Gasteiger partial charge on any atom is -0.496 e. The fourth-order valence-electron chi connectivity index (χ4n) is 3.61. The summed E-state index contributed by atoms with van der Waals surface area (Å²) >= 11 is 0. The lowest BCUT2D eigenvalue weighted by molar-refractivity contribution is 0.0764. The molecule has 0 amide bonds. The third-order valence-electron chi connectivity index (χ3n) is 5.39. The second-order valence-electron chi connectivity index (χ2n) is 9.31. The van der Waals surface area contributed by atoms with Crippen LogP contribution in [-0.2, 0) is 11.0 Å². The van der Waals surface area contributed by atoms with Crippen molar-refractivity contribution in [2.24, 2.45) is 5.92 Å². The van der Waals surface area contributed by atoms with Gasteiger partial charge in [-0.15, -0.1) is 0 Å². The van der Waals surface area contributed by atoms with Crippen LogP contribution in [0, 0.1) is 5.92 Å². The van der Waals surface area contributed by atoms with E-state index in [1.807, 2.05) is 24.3 Å². The largest absolute Gasteiger partial charge is 0.496 e. The van der Waals surface area contributed by atoms with Crippen LogP contribution in [0.15, 0.2) is 48.8 Å². The predicted molar refractivity (Wildman–Crippen MR) is 122 cm³/mol. The monoisotopic (exact) mass is 407 g/mol. The van der Waals surface area contributed by atoms with E-state index in [2.05, 4.69) is 62.0 Å². The SMILES string of the molecule is COc1ccc(C(C)(C)C)cc1C(O)(CNCC(C)C)c1ccc2nccnc2c1. The summed E-state index contributed by atoms with van der Waals surface area (Å²) in [6, 6.07) is 11.8. The van der Waals surface area contributed by atoms with Crippen molar-refractivity contribution >= 4 is 11.0 Å². The Bertz CT molecular complexity index is 1010. The topological polar surface area (TPSA) is 67.3 Å². The van der Waals surface area contributed by atoms with Gasteiger partial charge < -0.3 is 15.2 Å². The lowest BCUT2D eigenvalue weighted by atomic mass is 9.80. The lowest BCUT2D eigenvalue weighted by Crippen LogP contribution is -2.41. The molecule has 0 saturated heterocycles. The number of rotatable bonds is 7. The summed E-state index contributed by atoms with van der Waals surface area (Å²) in [5.41, 5.74) is 2.86. The first-order valence-corrected chi connectivity index (χ1v) is 10.5. The first kappa shape index (κ1) is 22.2. The maximum absolute atomic E-state index is 12.1. The second kappa shape index (κ2) is 8.70. The summed E-state index contributed by atoms with van der Waals surface area (Å²) in [7, 11) is 1.64. The fraction of sp³-hybridized carbons (Fsp3) is 0.440. The van der Waals surface area contributed by atoms with E-state index >= 15 is 0 Å². The number of nitrogens with zero attached hydrogens (tertiary/aromatic N) is 2. The van der Waals surface area contributed by atoms with Gasteiger partial charge in [-0.2, -0.15) is 0 Å². The summed E-state index contributed by atoms with van der Waals surface area (Å²) in [6.45, 7) is 12.0. The van der Waals surface area contributed by atoms with Gasteiger partial charge in [-0.25, -0.2) is 0 Å². The molecule has 1 atom stereocenters. The fourth-order valence-corrected chi connectivity index (χ4v) is 3.61. The molecule has 5 nitrogen and oxygen atoms in total. The van der Waals surface area contributed by atoms with Gasteiger partial charge in [-0.1, -0.05) is 46.8 Å². The van der Waals surface area contributed by atoms with Crippen LogP contribution in [0.25, 0.3) is 11.0 Å². The maximum atomic E-state index is 12.1. The Labute approximate surface area is 179 Å². The molecular weight excluding hydrogens is 374 g/mol. The lowest BCUT2D eigenvalue weighted by Gasteiger charge is -2.33. The Morgan fingerprint density at radius 2 is 1.63 bits per heavy atom. The van der Waals surface area contributed by atoms with Gasteiger partial charge in [-0.3, -0.25) is 9.97 Å². The van der Waals surface area contributed by atoms with Gasteiger partial charge in [0.05, 0.1) is 18.1 Å². The molecule has 160 valence electrons. The average molecular weight is 408 g/mol. The first-order chi connectivity index (χ1) is 14.1. The molecule has 0 aliphatic rings. The molecule has 0 aliphatic carbocycles. The Hall–Kier alpha value is -2.50. The number of hydrogen-bond donors (Lipinski definition) is 2. The van der Waals surface area contributed by atoms with Gasteiger partial charge in [0, 0.05) is 24.5 Å². The number of benzene rings is 2. The van der Waals surface area contributed by atoms with Gasteiger partial charge in [0.1, 0.15) is 11.4 Å². The molecule has 0 bridgehead atoms. The molecule has 2 aromatic carbocycles. The number of fused-ring (bicyclic) bond motifs is 1. The maximum Gasteiger partial charge on any atom is 0.131 e. The standard InChI is InChI=1S/C25H33N3O2/c1-17(2)15-26-16-25(29,19-7-9-21-22(14-19)28-12-11-27-21)20-13-18(24(3,4)5)8-10-23(20)30-6/h7-14,17,26,29H,15-16H2,1-6H3. The van der Waals surface area contributed by atoms with E-state index < -0.39 is 5.60 Å². The van der Waals surface area contributed by atoms with Crippen LogP contribution < -0.4 is 10.1 Å². The van der Waals surface area contributed by atoms with Crippen molar-refractivity contribution in [3.05, 3.63) is 65.5 Å². The van der Waals surface area contributed by atoms with E-state index in [1.165, 1.54) is 0 Å². The zero-order valence-corrected chi connectivity index (χ0v) is 18.9. The molecule has 1 unspecified atom stereocenters. The van der Waals surface area contributed by atoms with E-state index in [-0.39, 0.29) is 5.41 Å². The van der Waals surface area contributed by atoms with E-state index in [1.54, 1.807) is 19.5 Å². The molecule has 1 aromatic heterocycles. The van der Waals surface area contributed by atoms with Crippen LogP contribution in [0.4, 0.5) is 0 Å². The minimum absolute atomic E-state index is 0.0534. The Balaban J connectivity index is 2.18. The van der Waals surface area contributed by atoms with Crippen molar-refractivity contribution in [1.82, 2.24) is 15.3 Å². The number of hydrogen-bond acceptors (Lipinski definition) is 5. The van der Waals surface area contributed by atoms with E-state index in [0.717, 1.165) is 34.3 Å². The van der Waals surface area contributed by atoms with E-state index in [9.17, 15) is 5.11 Å². The van der Waals surface area contributed by atoms with Crippen molar-refractivity contribution in [3.8, 4) is 5.75 Å². The van der Waals surface area contributed by atoms with E-state index in [4.69, 9.17) is 4.74 Å². The molecule has 0 radical (unpaired) electrons. The molecule has 0 fully saturated rings. The molecule has 0 aliphatic heterocycles. The third-order valence-corrected chi connectivity index (χ3v) is 5.39. The third kappa shape index (κ3) is 4.63. The number of aromatic nitrogens is 2. The molecule has 0 saturated carbocycles. The highest BCUT2D eigenvalue weighted by Crippen LogP contribution is 2.39. The van der Waals surface area contributed by atoms with E-state index in [0.29, 0.717) is 18.2 Å². The van der Waals surface area contributed by atoms with Gasteiger partial charge in [0.25, 0.3) is 0 Å². The van der Waals surface area contributed by atoms with Gasteiger partial charge in [0.15, 0.2) is 0 Å². The van der Waals surface area contributed by atoms with Gasteiger partial charge in [0.2, 0.25) is 0 Å². The zero-order valence-electron chi connectivity index (χ0n) is 18.9. The molecule has 30 heavy (non-hydrogen) atoms. The Kier molecular flexibility index (Phi) is 6.44. The van der Waals surface area contributed by atoms with Crippen molar-refractivity contribution in [1.29, 1.82) is 0 Å². The number of ether oxygens (including phenoxy) is 1. The van der Waals surface area contributed by atoms with Crippen molar-refractivity contribution in [2.75, 3.05) is 20.2 Å². The highest BCUT2D eigenvalue weighted by molar-refractivity contribution is 5.75. The molecular formula is C25H33N3O2. The summed E-state index contributed by atoms with van der Waals surface area (Å²) < 4.78 is 5.68. The van der Waals surface area contributed by atoms with Crippen molar-refractivity contribution in [2.45, 2.75) is 45.6 Å². The average Bonchev–Trinajstić information content (AvgIpc) is 2.71. The normalized spacial score (nSPS) is 14.1. The van der Waals surface area contributed by atoms with Crippen LogP contribution in [0.1, 0.15) is 51.3 Å². The van der Waals surface area contributed by atoms with Crippen molar-refractivity contribution < 1.29 is 9.84 Å². The van der Waals surface area contributed by atoms with Crippen LogP contribution in [-0.4, -0.2) is 35.3 Å².